The van der Waals surface area contributed by atoms with Gasteiger partial charge in [0.2, 0.25) is 0 Å². The van der Waals surface area contributed by atoms with Gasteiger partial charge in [0.25, 0.3) is 0 Å². The third kappa shape index (κ3) is 5.28. The maximum Gasteiger partial charge on any atom is 0.0809 e. The van der Waals surface area contributed by atoms with Crippen molar-refractivity contribution >= 4 is 87.1 Å². The van der Waals surface area contributed by atoms with Crippen LogP contribution in [0.4, 0.5) is 0 Å². The summed E-state index contributed by atoms with van der Waals surface area (Å²) in [6, 6.07) is 84.0. The molecule has 0 fully saturated rings. The van der Waals surface area contributed by atoms with Crippen molar-refractivity contribution < 1.29 is 0 Å². The molecule has 302 valence electrons. The van der Waals surface area contributed by atoms with E-state index in [1.165, 1.54) is 59.8 Å². The number of benzene rings is 10. The molecule has 0 bridgehead atoms. The topological polar surface area (TPSA) is 27.7 Å². The van der Waals surface area contributed by atoms with E-state index in [0.29, 0.717) is 0 Å². The molecule has 0 amide bonds. The Labute approximate surface area is 374 Å². The van der Waals surface area contributed by atoms with Gasteiger partial charge in [-0.25, -0.2) is 4.98 Å². The van der Waals surface area contributed by atoms with E-state index in [0.717, 1.165) is 66.8 Å². The third-order valence-corrected chi connectivity index (χ3v) is 13.6. The van der Waals surface area contributed by atoms with Crippen molar-refractivity contribution in [3.05, 3.63) is 231 Å². The Morgan fingerprint density at radius 3 is 1.26 bits per heavy atom. The molecule has 0 aliphatic rings. The second-order valence-corrected chi connectivity index (χ2v) is 17.1. The zero-order chi connectivity index (χ0) is 42.6. The van der Waals surface area contributed by atoms with Crippen LogP contribution in [0.5, 0.6) is 0 Å². The zero-order valence-corrected chi connectivity index (χ0v) is 35.2. The van der Waals surface area contributed by atoms with Crippen LogP contribution in [0.25, 0.3) is 127 Å². The number of para-hydroxylation sites is 6. The van der Waals surface area contributed by atoms with Crippen molar-refractivity contribution in [3.8, 4) is 39.4 Å². The first kappa shape index (κ1) is 35.8. The highest BCUT2D eigenvalue weighted by Gasteiger charge is 2.22. The SMILES string of the molecule is c1ccc(-c2nc3ccccc3c3ccc4c5ccccc5n(-c5cccc(-c6cc(-n7c8ccccc8c8ccccc87)cc(-n7c8ccccc8c8ccccc87)c6)c5)c4c23)cc1. The highest BCUT2D eigenvalue weighted by molar-refractivity contribution is 6.26. The molecule has 14 aromatic rings. The molecule has 0 saturated carbocycles. The maximum atomic E-state index is 5.43. The maximum absolute atomic E-state index is 5.43. The summed E-state index contributed by atoms with van der Waals surface area (Å²) in [6.45, 7) is 0. The van der Waals surface area contributed by atoms with E-state index >= 15 is 0 Å². The van der Waals surface area contributed by atoms with Gasteiger partial charge in [0.1, 0.15) is 0 Å². The van der Waals surface area contributed by atoms with Crippen LogP contribution in [0, 0.1) is 0 Å². The van der Waals surface area contributed by atoms with E-state index in [9.17, 15) is 0 Å². The van der Waals surface area contributed by atoms with Crippen molar-refractivity contribution in [2.24, 2.45) is 0 Å². The zero-order valence-electron chi connectivity index (χ0n) is 35.2. The molecule has 65 heavy (non-hydrogen) atoms. The summed E-state index contributed by atoms with van der Waals surface area (Å²) < 4.78 is 7.36. The number of hydrogen-bond donors (Lipinski definition) is 0. The summed E-state index contributed by atoms with van der Waals surface area (Å²) in [5.74, 6) is 0. The van der Waals surface area contributed by atoms with Crippen LogP contribution in [0.3, 0.4) is 0 Å². The quantitative estimate of drug-likeness (QED) is 0.159. The molecule has 0 unspecified atom stereocenters. The summed E-state index contributed by atoms with van der Waals surface area (Å²) in [7, 11) is 0. The largest absolute Gasteiger partial charge is 0.309 e. The Hall–Kier alpha value is -8.73. The van der Waals surface area contributed by atoms with Gasteiger partial charge in [-0.05, 0) is 83.2 Å². The van der Waals surface area contributed by atoms with Crippen LogP contribution >= 0.6 is 0 Å². The first-order valence-electron chi connectivity index (χ1n) is 22.3. The molecule has 4 heteroatoms. The Morgan fingerprint density at radius 2 is 0.692 bits per heavy atom. The standard InChI is InChI=1S/C61H38N4/c1-2-17-39(18-3-1)60-59-51(45-21-4-10-27-53(45)62-60)33-34-52-50-26-9-15-32-58(50)65(61(52)59)42-20-16-19-40(35-42)41-36-43(63-54-28-11-5-22-46(54)47-23-6-12-29-55(47)63)38-44(37-41)64-56-30-13-7-24-48(56)49-25-8-14-31-57(49)64/h1-38H. The van der Waals surface area contributed by atoms with E-state index in [-0.39, 0.29) is 0 Å². The van der Waals surface area contributed by atoms with Gasteiger partial charge in [0.15, 0.2) is 0 Å². The molecule has 0 N–H and O–H groups in total. The van der Waals surface area contributed by atoms with E-state index < -0.39 is 0 Å². The van der Waals surface area contributed by atoms with Gasteiger partial charge in [-0.3, -0.25) is 0 Å². The van der Waals surface area contributed by atoms with Gasteiger partial charge in [0, 0.05) is 65.7 Å². The monoisotopic (exact) mass is 826 g/mol. The molecule has 4 aromatic heterocycles. The summed E-state index contributed by atoms with van der Waals surface area (Å²) in [6.07, 6.45) is 0. The highest BCUT2D eigenvalue weighted by Crippen LogP contribution is 2.44. The molecule has 4 nitrogen and oxygen atoms in total. The predicted octanol–water partition coefficient (Wildman–Crippen LogP) is 16.0. The molecule has 0 saturated heterocycles. The summed E-state index contributed by atoms with van der Waals surface area (Å²) in [5, 5.41) is 10.9. The number of aromatic nitrogens is 4. The molecule has 0 aliphatic heterocycles. The number of pyridine rings is 1. The highest BCUT2D eigenvalue weighted by atomic mass is 15.0. The summed E-state index contributed by atoms with van der Waals surface area (Å²) >= 11 is 0. The average molecular weight is 827 g/mol. The van der Waals surface area contributed by atoms with Crippen LogP contribution in [0.15, 0.2) is 231 Å². The number of nitrogens with zero attached hydrogens (tertiary/aromatic N) is 4. The second-order valence-electron chi connectivity index (χ2n) is 17.1. The van der Waals surface area contributed by atoms with E-state index in [2.05, 4.69) is 244 Å². The minimum absolute atomic E-state index is 0.986. The van der Waals surface area contributed by atoms with Crippen molar-refractivity contribution in [2.75, 3.05) is 0 Å². The minimum atomic E-state index is 0.986. The Balaban J connectivity index is 1.07. The van der Waals surface area contributed by atoms with Gasteiger partial charge in [-0.2, -0.15) is 0 Å². The third-order valence-electron chi connectivity index (χ3n) is 13.6. The lowest BCUT2D eigenvalue weighted by Crippen LogP contribution is -2.00. The lowest BCUT2D eigenvalue weighted by atomic mass is 9.97. The molecule has 0 spiro atoms. The van der Waals surface area contributed by atoms with Gasteiger partial charge in [-0.1, -0.05) is 164 Å². The first-order chi connectivity index (χ1) is 32.3. The van der Waals surface area contributed by atoms with E-state index in [1.54, 1.807) is 0 Å². The van der Waals surface area contributed by atoms with Crippen LogP contribution in [0.1, 0.15) is 0 Å². The number of hydrogen-bond acceptors (Lipinski definition) is 1. The van der Waals surface area contributed by atoms with E-state index in [4.69, 9.17) is 4.98 Å². The second kappa shape index (κ2) is 13.9. The molecular formula is C61H38N4. The Bertz CT molecular complexity index is 4000. The lowest BCUT2D eigenvalue weighted by molar-refractivity contribution is 1.13. The number of fused-ring (bicyclic) bond motifs is 13. The van der Waals surface area contributed by atoms with Crippen molar-refractivity contribution in [1.29, 1.82) is 0 Å². The molecule has 0 atom stereocenters. The smallest absolute Gasteiger partial charge is 0.0809 e. The molecule has 4 heterocycles. The van der Waals surface area contributed by atoms with Gasteiger partial charge in [0.05, 0.1) is 44.3 Å². The van der Waals surface area contributed by atoms with E-state index in [1.807, 2.05) is 0 Å². The molecule has 0 aliphatic carbocycles. The molecular weight excluding hydrogens is 789 g/mol. The molecule has 14 rings (SSSR count). The predicted molar refractivity (Wildman–Crippen MR) is 273 cm³/mol. The normalized spacial score (nSPS) is 12.0. The fourth-order valence-corrected chi connectivity index (χ4v) is 10.8. The van der Waals surface area contributed by atoms with Crippen LogP contribution in [-0.2, 0) is 0 Å². The van der Waals surface area contributed by atoms with Crippen molar-refractivity contribution in [2.45, 2.75) is 0 Å². The fourth-order valence-electron chi connectivity index (χ4n) is 10.8. The Kier molecular flexibility index (Phi) is 7.65. The van der Waals surface area contributed by atoms with Crippen LogP contribution in [0.2, 0.25) is 0 Å². The fraction of sp³-hybridized carbons (Fsp3) is 0. The van der Waals surface area contributed by atoms with Crippen LogP contribution in [-0.4, -0.2) is 18.7 Å². The van der Waals surface area contributed by atoms with Crippen molar-refractivity contribution in [3.63, 3.8) is 0 Å². The van der Waals surface area contributed by atoms with Gasteiger partial charge < -0.3 is 13.7 Å². The summed E-state index contributed by atoms with van der Waals surface area (Å²) in [4.78, 5) is 5.43. The number of rotatable bonds is 5. The van der Waals surface area contributed by atoms with Gasteiger partial charge >= 0.3 is 0 Å². The lowest BCUT2D eigenvalue weighted by Gasteiger charge is -2.17. The van der Waals surface area contributed by atoms with Crippen molar-refractivity contribution in [1.82, 2.24) is 18.7 Å². The van der Waals surface area contributed by atoms with Crippen LogP contribution < -0.4 is 0 Å². The molecule has 10 aromatic carbocycles. The Morgan fingerprint density at radius 1 is 0.262 bits per heavy atom. The minimum Gasteiger partial charge on any atom is -0.309 e. The average Bonchev–Trinajstić information content (AvgIpc) is 4.02. The van der Waals surface area contributed by atoms with Gasteiger partial charge in [-0.15, -0.1) is 0 Å². The summed E-state index contributed by atoms with van der Waals surface area (Å²) in [5.41, 5.74) is 15.7. The molecule has 0 radical (unpaired) electrons. The first-order valence-corrected chi connectivity index (χ1v) is 22.3.